The van der Waals surface area contributed by atoms with Crippen LogP contribution in [0.5, 0.6) is 0 Å². The second-order valence-corrected chi connectivity index (χ2v) is 7.48. The maximum Gasteiger partial charge on any atom is 1.00 e. The summed E-state index contributed by atoms with van der Waals surface area (Å²) in [4.78, 5) is 16.7. The molecular weight excluding hydrogens is 412 g/mol. The van der Waals surface area contributed by atoms with Crippen molar-refractivity contribution in [2.75, 3.05) is 0 Å². The molecule has 0 radical (unpaired) electrons. The predicted octanol–water partition coefficient (Wildman–Crippen LogP) is 2.54. The molecule has 0 bridgehead atoms. The molecule has 32 heavy (non-hydrogen) atoms. The van der Waals surface area contributed by atoms with Crippen LogP contribution in [-0.4, -0.2) is 11.0 Å². The maximum absolute atomic E-state index is 13.8. The van der Waals surface area contributed by atoms with Crippen LogP contribution in [0.25, 0.3) is 44.1 Å². The maximum atomic E-state index is 13.8. The minimum absolute atomic E-state index is 0. The molecule has 0 N–H and O–H groups in total. The summed E-state index contributed by atoms with van der Waals surface area (Å²) in [6.45, 7) is 1.69. The molecule has 0 atom stereocenters. The van der Waals surface area contributed by atoms with Crippen LogP contribution in [0.4, 0.5) is 4.39 Å². The summed E-state index contributed by atoms with van der Waals surface area (Å²) >= 11 is 0. The Bertz CT molecular complexity index is 1480. The topological polar surface area (TPSA) is 53.0 Å². The van der Waals surface area contributed by atoms with E-state index in [-0.39, 0.29) is 40.5 Å². The van der Waals surface area contributed by atoms with Gasteiger partial charge in [0.2, 0.25) is 0 Å². The number of hydrogen-bond donors (Lipinski definition) is 0. The Labute approximate surface area is 206 Å². The van der Waals surface area contributed by atoms with Crippen LogP contribution >= 0.6 is 0 Å². The zero-order chi connectivity index (χ0) is 21.5. The second-order valence-electron chi connectivity index (χ2n) is 7.48. The Morgan fingerprint density at radius 3 is 2.16 bits per heavy atom. The average molecular weight is 429 g/mol. The Morgan fingerprint density at radius 2 is 1.47 bits per heavy atom. The van der Waals surface area contributed by atoms with Crippen LogP contribution in [0, 0.1) is 12.7 Å². The van der Waals surface area contributed by atoms with Gasteiger partial charge in [0.15, 0.2) is 0 Å². The van der Waals surface area contributed by atoms with Gasteiger partial charge in [0.25, 0.3) is 0 Å². The summed E-state index contributed by atoms with van der Waals surface area (Å²) in [7, 11) is 0. The minimum Gasteiger partial charge on any atom is -0.545 e. The van der Waals surface area contributed by atoms with Crippen LogP contribution in [0.3, 0.4) is 0 Å². The van der Waals surface area contributed by atoms with Gasteiger partial charge in [-0.05, 0) is 52.6 Å². The molecule has 0 spiro atoms. The molecule has 5 aromatic rings. The number of carboxylic acid groups (broad SMARTS) is 1. The molecule has 0 aliphatic rings. The monoisotopic (exact) mass is 429 g/mol. The van der Waals surface area contributed by atoms with Crippen molar-refractivity contribution in [3.05, 3.63) is 102 Å². The summed E-state index contributed by atoms with van der Waals surface area (Å²) in [5.41, 5.74) is 4.39. The summed E-state index contributed by atoms with van der Waals surface area (Å²) < 4.78 is 13.8. The predicted molar refractivity (Wildman–Crippen MR) is 119 cm³/mol. The van der Waals surface area contributed by atoms with E-state index in [0.717, 1.165) is 27.5 Å². The minimum atomic E-state index is -1.35. The summed E-state index contributed by atoms with van der Waals surface area (Å²) in [6, 6.07) is 26.1. The number of hydrogen-bond acceptors (Lipinski definition) is 3. The van der Waals surface area contributed by atoms with Crippen molar-refractivity contribution >= 4 is 27.6 Å². The molecule has 0 amide bonds. The van der Waals surface area contributed by atoms with Crippen molar-refractivity contribution in [1.29, 1.82) is 0 Å². The molecule has 1 heterocycles. The quantitative estimate of drug-likeness (QED) is 0.414. The van der Waals surface area contributed by atoms with E-state index in [0.29, 0.717) is 16.8 Å². The molecule has 3 nitrogen and oxygen atoms in total. The first kappa shape index (κ1) is 22.2. The van der Waals surface area contributed by atoms with E-state index in [9.17, 15) is 14.3 Å². The van der Waals surface area contributed by atoms with Crippen molar-refractivity contribution in [3.63, 3.8) is 0 Å². The third-order valence-electron chi connectivity index (χ3n) is 5.66. The van der Waals surface area contributed by atoms with E-state index in [1.165, 1.54) is 18.2 Å². The Hall–Kier alpha value is -3.05. The van der Waals surface area contributed by atoms with E-state index in [1.54, 1.807) is 6.92 Å². The molecule has 5 heteroatoms. The molecule has 0 aliphatic carbocycles. The van der Waals surface area contributed by atoms with Crippen LogP contribution in [-0.2, 0) is 0 Å². The van der Waals surface area contributed by atoms with Crippen molar-refractivity contribution in [2.24, 2.45) is 0 Å². The van der Waals surface area contributed by atoms with Gasteiger partial charge in [0.05, 0.1) is 17.2 Å². The third-order valence-corrected chi connectivity index (χ3v) is 5.66. The normalized spacial score (nSPS) is 10.8. The summed E-state index contributed by atoms with van der Waals surface area (Å²) in [5, 5.41) is 14.2. The average Bonchev–Trinajstić information content (AvgIpc) is 2.78. The van der Waals surface area contributed by atoms with Gasteiger partial charge in [-0.2, -0.15) is 0 Å². The first-order chi connectivity index (χ1) is 15.0. The molecule has 1 aromatic heterocycles. The van der Waals surface area contributed by atoms with Crippen molar-refractivity contribution in [3.8, 4) is 22.4 Å². The van der Waals surface area contributed by atoms with E-state index < -0.39 is 11.8 Å². The molecule has 150 valence electrons. The molecule has 5 rings (SSSR count). The third kappa shape index (κ3) is 3.71. The summed E-state index contributed by atoms with van der Waals surface area (Å²) in [6.07, 6.45) is 0. The zero-order valence-corrected chi connectivity index (χ0v) is 19.7. The van der Waals surface area contributed by atoms with Crippen LogP contribution in [0.2, 0.25) is 0 Å². The van der Waals surface area contributed by atoms with Crippen molar-refractivity contribution in [2.45, 2.75) is 6.92 Å². The number of fused-ring (bicyclic) bond motifs is 2. The number of aromatic nitrogens is 1. The van der Waals surface area contributed by atoms with Crippen molar-refractivity contribution in [1.82, 2.24) is 4.98 Å². The van der Waals surface area contributed by atoms with E-state index >= 15 is 0 Å². The van der Waals surface area contributed by atoms with Gasteiger partial charge in [-0.1, -0.05) is 66.7 Å². The number of carbonyl (C=O) groups excluding carboxylic acids is 1. The first-order valence-corrected chi connectivity index (χ1v) is 9.93. The second kappa shape index (κ2) is 8.83. The van der Waals surface area contributed by atoms with E-state index in [4.69, 9.17) is 4.98 Å². The van der Waals surface area contributed by atoms with E-state index in [1.807, 2.05) is 48.5 Å². The van der Waals surface area contributed by atoms with Gasteiger partial charge in [0.1, 0.15) is 5.82 Å². The van der Waals surface area contributed by atoms with Crippen LogP contribution in [0.1, 0.15) is 15.9 Å². The first-order valence-electron chi connectivity index (χ1n) is 9.93. The summed E-state index contributed by atoms with van der Waals surface area (Å²) in [5.74, 6) is -1.86. The number of benzene rings is 4. The number of carboxylic acids is 1. The number of halogens is 1. The van der Waals surface area contributed by atoms with Crippen molar-refractivity contribution < 1.29 is 43.8 Å². The Balaban J connectivity index is 0.00000245. The molecule has 0 aliphatic heterocycles. The fraction of sp³-hybridized carbons (Fsp3) is 0.0370. The fourth-order valence-electron chi connectivity index (χ4n) is 4.24. The number of carbonyl (C=O) groups is 1. The van der Waals surface area contributed by atoms with Gasteiger partial charge in [-0.15, -0.1) is 0 Å². The zero-order valence-electron chi connectivity index (χ0n) is 17.7. The smallest absolute Gasteiger partial charge is 0.545 e. The molecule has 0 saturated heterocycles. The molecular formula is C27H17FNNaO2. The number of rotatable bonds is 3. The molecule has 4 aromatic carbocycles. The van der Waals surface area contributed by atoms with Crippen LogP contribution in [0.15, 0.2) is 84.9 Å². The Kier molecular flexibility index (Phi) is 6.11. The van der Waals surface area contributed by atoms with Gasteiger partial charge >= 0.3 is 29.6 Å². The standard InChI is InChI=1S/C27H18FNO2.Na/c1-16-25(27(30)31)23-15-18(28)13-14-24(23)29-26(16)22-12-6-10-20-19(9-5-11-21(20)22)17-7-3-2-4-8-17;/h2-15H,1H3,(H,30,31);/q;+1/p-1. The molecule has 0 saturated carbocycles. The number of nitrogens with zero attached hydrogens (tertiary/aromatic N) is 1. The molecule has 0 unspecified atom stereocenters. The fourth-order valence-corrected chi connectivity index (χ4v) is 4.24. The van der Waals surface area contributed by atoms with E-state index in [2.05, 4.69) is 18.2 Å². The largest absolute Gasteiger partial charge is 1.00 e. The number of pyridine rings is 1. The number of aromatic carboxylic acids is 1. The van der Waals surface area contributed by atoms with Gasteiger partial charge in [-0.25, -0.2) is 9.37 Å². The SMILES string of the molecule is Cc1c(-c2cccc3c(-c4ccccc4)cccc23)nc2ccc(F)cc2c1C(=O)[O-].[Na+]. The van der Waals surface area contributed by atoms with Gasteiger partial charge < -0.3 is 9.90 Å². The van der Waals surface area contributed by atoms with Gasteiger partial charge in [0, 0.05) is 16.5 Å². The molecule has 0 fully saturated rings. The van der Waals surface area contributed by atoms with Gasteiger partial charge in [-0.3, -0.25) is 0 Å². The Morgan fingerprint density at radius 1 is 0.812 bits per heavy atom. The van der Waals surface area contributed by atoms with Crippen LogP contribution < -0.4 is 34.7 Å².